The number of carbonyl (C=O) groups excluding carboxylic acids is 1. The second-order valence-electron chi connectivity index (χ2n) is 6.67. The molecule has 1 aromatic heterocycles. The summed E-state index contributed by atoms with van der Waals surface area (Å²) in [5, 5.41) is 1.79. The Morgan fingerprint density at radius 1 is 1.35 bits per heavy atom. The molecule has 0 aliphatic carbocycles. The number of aromatic nitrogens is 2. The molecule has 1 saturated heterocycles. The average molecular weight is 396 g/mol. The molecule has 2 heterocycles. The third kappa shape index (κ3) is 4.32. The number of carbonyl (C=O) groups is 1. The van der Waals surface area contributed by atoms with Gasteiger partial charge in [-0.1, -0.05) is 37.2 Å². The van der Waals surface area contributed by atoms with Gasteiger partial charge in [-0.05, 0) is 30.5 Å². The molecule has 26 heavy (non-hydrogen) atoms. The van der Waals surface area contributed by atoms with Gasteiger partial charge in [-0.25, -0.2) is 9.78 Å². The zero-order valence-corrected chi connectivity index (χ0v) is 16.5. The maximum atomic E-state index is 12.9. The van der Waals surface area contributed by atoms with Gasteiger partial charge in [0.05, 0.1) is 17.4 Å². The standard InChI is InChI=1S/C18H22ClN3O3S/c1-12(2)11-22-16(23)14-10-13(19)4-5-15(14)20-17(22)26-9-3-6-21-7-8-25-18(21)24/h4-5,10,12H,3,6-9,11H2,1-2H3. The summed E-state index contributed by atoms with van der Waals surface area (Å²) in [5.74, 6) is 1.10. The van der Waals surface area contributed by atoms with E-state index in [1.165, 1.54) is 0 Å². The van der Waals surface area contributed by atoms with Crippen molar-refractivity contribution in [3.63, 3.8) is 0 Å². The van der Waals surface area contributed by atoms with Crippen LogP contribution in [0, 0.1) is 5.92 Å². The van der Waals surface area contributed by atoms with E-state index >= 15 is 0 Å². The highest BCUT2D eigenvalue weighted by Gasteiger charge is 2.21. The lowest BCUT2D eigenvalue weighted by Crippen LogP contribution is -2.26. The van der Waals surface area contributed by atoms with Crippen LogP contribution in [0.3, 0.4) is 0 Å². The molecule has 1 aromatic carbocycles. The van der Waals surface area contributed by atoms with Gasteiger partial charge in [0.15, 0.2) is 5.16 Å². The Morgan fingerprint density at radius 3 is 2.85 bits per heavy atom. The van der Waals surface area contributed by atoms with Crippen LogP contribution in [-0.2, 0) is 11.3 Å². The van der Waals surface area contributed by atoms with Gasteiger partial charge >= 0.3 is 6.09 Å². The zero-order valence-electron chi connectivity index (χ0n) is 14.9. The molecule has 0 bridgehead atoms. The van der Waals surface area contributed by atoms with E-state index in [1.807, 2.05) is 0 Å². The molecule has 1 amide bonds. The lowest BCUT2D eigenvalue weighted by Gasteiger charge is -2.16. The predicted molar refractivity (Wildman–Crippen MR) is 104 cm³/mol. The van der Waals surface area contributed by atoms with Crippen molar-refractivity contribution in [1.82, 2.24) is 14.5 Å². The Hall–Kier alpha value is -1.73. The van der Waals surface area contributed by atoms with Crippen LogP contribution in [0.15, 0.2) is 28.2 Å². The minimum atomic E-state index is -0.243. The molecule has 0 radical (unpaired) electrons. The molecule has 140 valence electrons. The number of amides is 1. The summed E-state index contributed by atoms with van der Waals surface area (Å²) >= 11 is 7.59. The zero-order chi connectivity index (χ0) is 18.7. The predicted octanol–water partition coefficient (Wildman–Crippen LogP) is 3.64. The lowest BCUT2D eigenvalue weighted by molar-refractivity contribution is 0.158. The molecule has 0 saturated carbocycles. The fourth-order valence-corrected chi connectivity index (χ4v) is 3.96. The molecule has 8 heteroatoms. The summed E-state index contributed by atoms with van der Waals surface area (Å²) in [6.07, 6.45) is 0.572. The van der Waals surface area contributed by atoms with E-state index in [1.54, 1.807) is 39.4 Å². The fraction of sp³-hybridized carbons (Fsp3) is 0.500. The van der Waals surface area contributed by atoms with Crippen molar-refractivity contribution in [3.05, 3.63) is 33.6 Å². The molecule has 0 N–H and O–H groups in total. The summed E-state index contributed by atoms with van der Waals surface area (Å²) < 4.78 is 6.66. The highest BCUT2D eigenvalue weighted by Crippen LogP contribution is 2.22. The molecule has 2 aromatic rings. The van der Waals surface area contributed by atoms with Gasteiger partial charge in [0.25, 0.3) is 5.56 Å². The highest BCUT2D eigenvalue weighted by molar-refractivity contribution is 7.99. The van der Waals surface area contributed by atoms with Crippen molar-refractivity contribution in [2.75, 3.05) is 25.4 Å². The van der Waals surface area contributed by atoms with Crippen molar-refractivity contribution in [2.45, 2.75) is 32.0 Å². The van der Waals surface area contributed by atoms with Gasteiger partial charge in [-0.3, -0.25) is 9.36 Å². The van der Waals surface area contributed by atoms with E-state index in [0.717, 1.165) is 12.2 Å². The van der Waals surface area contributed by atoms with Crippen molar-refractivity contribution in [2.24, 2.45) is 5.92 Å². The number of benzene rings is 1. The van der Waals surface area contributed by atoms with Crippen LogP contribution in [0.2, 0.25) is 5.02 Å². The van der Waals surface area contributed by atoms with Crippen LogP contribution in [-0.4, -0.2) is 46.0 Å². The van der Waals surface area contributed by atoms with Crippen LogP contribution in [0.1, 0.15) is 20.3 Å². The molecule has 6 nitrogen and oxygen atoms in total. The SMILES string of the molecule is CC(C)Cn1c(SCCCN2CCOC2=O)nc2ccc(Cl)cc2c1=O. The maximum Gasteiger partial charge on any atom is 0.409 e. The number of cyclic esters (lactones) is 1. The van der Waals surface area contributed by atoms with E-state index in [2.05, 4.69) is 18.8 Å². The van der Waals surface area contributed by atoms with E-state index in [4.69, 9.17) is 16.3 Å². The maximum absolute atomic E-state index is 12.9. The van der Waals surface area contributed by atoms with Gasteiger partial charge in [-0.2, -0.15) is 0 Å². The van der Waals surface area contributed by atoms with Crippen molar-refractivity contribution in [1.29, 1.82) is 0 Å². The van der Waals surface area contributed by atoms with Crippen LogP contribution < -0.4 is 5.56 Å². The van der Waals surface area contributed by atoms with Crippen LogP contribution >= 0.6 is 23.4 Å². The number of hydrogen-bond acceptors (Lipinski definition) is 5. The number of nitrogens with zero attached hydrogens (tertiary/aromatic N) is 3. The molecule has 0 spiro atoms. The summed E-state index contributed by atoms with van der Waals surface area (Å²) in [6.45, 7) is 6.52. The molecule has 0 unspecified atom stereocenters. The quantitative estimate of drug-likeness (QED) is 0.407. The Morgan fingerprint density at radius 2 is 2.15 bits per heavy atom. The summed E-state index contributed by atoms with van der Waals surface area (Å²) in [6, 6.07) is 5.20. The highest BCUT2D eigenvalue weighted by atomic mass is 35.5. The van der Waals surface area contributed by atoms with Gasteiger partial charge < -0.3 is 9.64 Å². The number of thioether (sulfide) groups is 1. The van der Waals surface area contributed by atoms with Crippen molar-refractivity contribution in [3.8, 4) is 0 Å². The number of ether oxygens (including phenoxy) is 1. The largest absolute Gasteiger partial charge is 0.448 e. The Bertz CT molecular complexity index is 869. The first kappa shape index (κ1) is 19.0. The van der Waals surface area contributed by atoms with E-state index in [-0.39, 0.29) is 11.7 Å². The van der Waals surface area contributed by atoms with E-state index in [9.17, 15) is 9.59 Å². The monoisotopic (exact) mass is 395 g/mol. The van der Waals surface area contributed by atoms with Gasteiger partial charge in [0, 0.05) is 23.9 Å². The first-order valence-electron chi connectivity index (χ1n) is 8.70. The Kier molecular flexibility index (Phi) is 6.09. The minimum absolute atomic E-state index is 0.0585. The van der Waals surface area contributed by atoms with Crippen LogP contribution in [0.5, 0.6) is 0 Å². The summed E-state index contributed by atoms with van der Waals surface area (Å²) in [4.78, 5) is 30.7. The third-order valence-electron chi connectivity index (χ3n) is 4.08. The number of rotatable bonds is 7. The smallest absolute Gasteiger partial charge is 0.409 e. The Balaban J connectivity index is 1.78. The number of hydrogen-bond donors (Lipinski definition) is 0. The van der Waals surface area contributed by atoms with Gasteiger partial charge in [-0.15, -0.1) is 0 Å². The van der Waals surface area contributed by atoms with E-state index < -0.39 is 0 Å². The van der Waals surface area contributed by atoms with Crippen LogP contribution in [0.4, 0.5) is 4.79 Å². The molecule has 0 atom stereocenters. The topological polar surface area (TPSA) is 64.4 Å². The Labute approximate surface area is 161 Å². The first-order valence-corrected chi connectivity index (χ1v) is 10.1. The summed E-state index contributed by atoms with van der Waals surface area (Å²) in [5.41, 5.74) is 0.599. The van der Waals surface area contributed by atoms with E-state index in [0.29, 0.717) is 53.2 Å². The fourth-order valence-electron chi connectivity index (χ4n) is 2.86. The second kappa shape index (κ2) is 8.31. The minimum Gasteiger partial charge on any atom is -0.448 e. The van der Waals surface area contributed by atoms with Crippen LogP contribution in [0.25, 0.3) is 10.9 Å². The van der Waals surface area contributed by atoms with Gasteiger partial charge in [0.1, 0.15) is 6.61 Å². The molecule has 1 aliphatic heterocycles. The van der Waals surface area contributed by atoms with Gasteiger partial charge in [0.2, 0.25) is 0 Å². The number of halogens is 1. The normalized spacial score (nSPS) is 14.5. The molecule has 1 aliphatic rings. The third-order valence-corrected chi connectivity index (χ3v) is 5.38. The average Bonchev–Trinajstić information content (AvgIpc) is 3.00. The second-order valence-corrected chi connectivity index (χ2v) is 8.17. The summed E-state index contributed by atoms with van der Waals surface area (Å²) in [7, 11) is 0. The van der Waals surface area contributed by atoms with Crippen molar-refractivity contribution < 1.29 is 9.53 Å². The molecule has 3 rings (SSSR count). The molecular formula is C18H22ClN3O3S. The lowest BCUT2D eigenvalue weighted by atomic mass is 10.2. The molecular weight excluding hydrogens is 374 g/mol. The first-order chi connectivity index (χ1) is 12.5. The number of fused-ring (bicyclic) bond motifs is 1. The molecule has 1 fully saturated rings. The van der Waals surface area contributed by atoms with Crippen molar-refractivity contribution >= 4 is 40.4 Å².